The summed E-state index contributed by atoms with van der Waals surface area (Å²) in [6, 6.07) is 0. The van der Waals surface area contributed by atoms with Crippen LogP contribution in [0.15, 0.2) is 24.3 Å². The number of carbonyl (C=O) groups is 1. The molecule has 0 bridgehead atoms. The maximum Gasteiger partial charge on any atom is 0.303 e. The number of hydrogen-bond acceptors (Lipinski definition) is 4. The molecule has 0 aromatic carbocycles. The van der Waals surface area contributed by atoms with Crippen molar-refractivity contribution < 1.29 is 24.9 Å². The maximum absolute atomic E-state index is 10.9. The number of aliphatic hydroxyl groups excluding tert-OH is 1. The van der Waals surface area contributed by atoms with Crippen molar-refractivity contribution in [3.05, 3.63) is 24.3 Å². The van der Waals surface area contributed by atoms with Crippen LogP contribution in [0.1, 0.15) is 70.6 Å². The molecule has 26 heavy (non-hydrogen) atoms. The maximum atomic E-state index is 10.9. The van der Waals surface area contributed by atoms with Gasteiger partial charge in [-0.1, -0.05) is 37.1 Å². The van der Waals surface area contributed by atoms with Crippen molar-refractivity contribution in [3.8, 4) is 0 Å². The van der Waals surface area contributed by atoms with Gasteiger partial charge in [-0.3, -0.25) is 4.79 Å². The lowest BCUT2D eigenvalue weighted by Gasteiger charge is -2.28. The first kappa shape index (κ1) is 22.9. The Morgan fingerprint density at radius 2 is 1.85 bits per heavy atom. The quantitative estimate of drug-likeness (QED) is 0.320. The molecule has 0 aromatic heterocycles. The Bertz CT molecular complexity index is 446. The third-order valence-corrected chi connectivity index (χ3v) is 5.12. The number of allylic oxidation sites excluding steroid dienone is 2. The van der Waals surface area contributed by atoms with Crippen LogP contribution in [0.4, 0.5) is 0 Å². The molecule has 0 radical (unpaired) electrons. The molecule has 1 fully saturated rings. The minimum Gasteiger partial charge on any atom is -0.481 e. The van der Waals surface area contributed by atoms with E-state index in [1.54, 1.807) is 7.11 Å². The molecule has 1 aliphatic rings. The van der Waals surface area contributed by atoms with Crippen molar-refractivity contribution in [1.82, 2.24) is 0 Å². The smallest absolute Gasteiger partial charge is 0.303 e. The van der Waals surface area contributed by atoms with Crippen LogP contribution in [-0.4, -0.2) is 46.7 Å². The molecule has 150 valence electrons. The summed E-state index contributed by atoms with van der Waals surface area (Å²) < 4.78 is 5.03. The highest BCUT2D eigenvalue weighted by atomic mass is 16.5. The van der Waals surface area contributed by atoms with Gasteiger partial charge in [-0.15, -0.1) is 0 Å². The number of carboxylic acid groups (broad SMARTS) is 1. The Labute approximate surface area is 157 Å². The number of methoxy groups -OCH3 is 1. The molecule has 1 saturated carbocycles. The van der Waals surface area contributed by atoms with E-state index in [0.717, 1.165) is 25.9 Å². The lowest BCUT2D eigenvalue weighted by atomic mass is 9.86. The molecule has 0 heterocycles. The second-order valence-electron chi connectivity index (χ2n) is 7.32. The number of unbranched alkanes of at least 4 members (excludes halogenated alkanes) is 5. The van der Waals surface area contributed by atoms with Crippen molar-refractivity contribution in [1.29, 1.82) is 0 Å². The molecular weight excluding hydrogens is 332 g/mol. The minimum atomic E-state index is -0.891. The van der Waals surface area contributed by atoms with Gasteiger partial charge in [0, 0.05) is 26.1 Å². The zero-order valence-electron chi connectivity index (χ0n) is 16.1. The fraction of sp³-hybridized carbons (Fsp3) is 0.762. The molecule has 0 aromatic rings. The fourth-order valence-electron chi connectivity index (χ4n) is 3.53. The number of carboxylic acids is 1. The van der Waals surface area contributed by atoms with Gasteiger partial charge in [-0.05, 0) is 51.4 Å². The van der Waals surface area contributed by atoms with Crippen LogP contribution >= 0.6 is 0 Å². The SMILES string of the molecule is COCCCCCCC=C[C@@H]1[C@@H](O)CCC1(O)CC=CCCCC(=O)O. The fourth-order valence-corrected chi connectivity index (χ4v) is 3.53. The molecule has 0 spiro atoms. The highest BCUT2D eigenvalue weighted by Crippen LogP contribution is 2.39. The van der Waals surface area contributed by atoms with Crippen molar-refractivity contribution in [3.63, 3.8) is 0 Å². The normalized spacial score (nSPS) is 26.3. The van der Waals surface area contributed by atoms with Crippen molar-refractivity contribution >= 4 is 5.97 Å². The summed E-state index contributed by atoms with van der Waals surface area (Å²) >= 11 is 0. The van der Waals surface area contributed by atoms with E-state index in [2.05, 4.69) is 6.08 Å². The zero-order valence-corrected chi connectivity index (χ0v) is 16.1. The molecule has 0 amide bonds. The standard InChI is InChI=1S/C21H36O5/c1-26-17-11-7-3-2-4-8-12-18-19(22)14-16-21(18,25)15-10-6-5-9-13-20(23)24/h6,8,10,12,18-19,22,25H,2-5,7,9,11,13-17H2,1H3,(H,23,24)/t18-,19+,21?/m1/s1. The zero-order chi connectivity index (χ0) is 19.3. The monoisotopic (exact) mass is 368 g/mol. The van der Waals surface area contributed by atoms with Gasteiger partial charge in [0.2, 0.25) is 0 Å². The van der Waals surface area contributed by atoms with E-state index in [4.69, 9.17) is 9.84 Å². The lowest BCUT2D eigenvalue weighted by Crippen LogP contribution is -2.35. The molecule has 1 aliphatic carbocycles. The summed E-state index contributed by atoms with van der Waals surface area (Å²) in [7, 11) is 1.72. The molecule has 5 nitrogen and oxygen atoms in total. The van der Waals surface area contributed by atoms with Crippen LogP contribution in [-0.2, 0) is 9.53 Å². The molecule has 1 rings (SSSR count). The van der Waals surface area contributed by atoms with Gasteiger partial charge in [-0.25, -0.2) is 0 Å². The molecule has 5 heteroatoms. The molecule has 3 atom stereocenters. The van der Waals surface area contributed by atoms with E-state index in [1.807, 2.05) is 18.2 Å². The van der Waals surface area contributed by atoms with Crippen molar-refractivity contribution in [2.24, 2.45) is 5.92 Å². The minimum absolute atomic E-state index is 0.171. The molecule has 0 saturated heterocycles. The van der Waals surface area contributed by atoms with Crippen LogP contribution in [0, 0.1) is 5.92 Å². The topological polar surface area (TPSA) is 87.0 Å². The predicted octanol–water partition coefficient (Wildman–Crippen LogP) is 3.84. The number of ether oxygens (including phenoxy) is 1. The first-order chi connectivity index (χ1) is 12.5. The van der Waals surface area contributed by atoms with Gasteiger partial charge in [-0.2, -0.15) is 0 Å². The first-order valence-corrected chi connectivity index (χ1v) is 9.92. The highest BCUT2D eigenvalue weighted by molar-refractivity contribution is 5.66. The van der Waals surface area contributed by atoms with Crippen LogP contribution in [0.2, 0.25) is 0 Å². The van der Waals surface area contributed by atoms with Crippen LogP contribution in [0.25, 0.3) is 0 Å². The largest absolute Gasteiger partial charge is 0.481 e. The van der Waals surface area contributed by atoms with Gasteiger partial charge in [0.05, 0.1) is 11.7 Å². The summed E-state index contributed by atoms with van der Waals surface area (Å²) in [5.74, 6) is -1.00. The Morgan fingerprint density at radius 1 is 1.12 bits per heavy atom. The van der Waals surface area contributed by atoms with Crippen LogP contribution < -0.4 is 0 Å². The summed E-state index contributed by atoms with van der Waals surface area (Å²) in [5.41, 5.74) is -0.891. The van der Waals surface area contributed by atoms with E-state index in [-0.39, 0.29) is 12.3 Å². The van der Waals surface area contributed by atoms with E-state index < -0.39 is 17.7 Å². The summed E-state index contributed by atoms with van der Waals surface area (Å²) in [4.78, 5) is 10.5. The van der Waals surface area contributed by atoms with Gasteiger partial charge in [0.1, 0.15) is 0 Å². The Balaban J connectivity index is 2.33. The highest BCUT2D eigenvalue weighted by Gasteiger charge is 2.44. The molecule has 1 unspecified atom stereocenters. The predicted molar refractivity (Wildman–Crippen MR) is 103 cm³/mol. The van der Waals surface area contributed by atoms with E-state index in [9.17, 15) is 15.0 Å². The first-order valence-electron chi connectivity index (χ1n) is 9.92. The van der Waals surface area contributed by atoms with Gasteiger partial charge >= 0.3 is 5.97 Å². The Morgan fingerprint density at radius 3 is 2.58 bits per heavy atom. The molecule has 0 aliphatic heterocycles. The summed E-state index contributed by atoms with van der Waals surface area (Å²) in [6.45, 7) is 0.820. The molecule has 3 N–H and O–H groups in total. The number of rotatable bonds is 14. The van der Waals surface area contributed by atoms with Crippen LogP contribution in [0.5, 0.6) is 0 Å². The number of hydrogen-bond donors (Lipinski definition) is 3. The van der Waals surface area contributed by atoms with Gasteiger partial charge in [0.15, 0.2) is 0 Å². The molecular formula is C21H36O5. The lowest BCUT2D eigenvalue weighted by molar-refractivity contribution is -0.137. The van der Waals surface area contributed by atoms with E-state index in [1.165, 1.54) is 12.8 Å². The van der Waals surface area contributed by atoms with Gasteiger partial charge in [0.25, 0.3) is 0 Å². The average Bonchev–Trinajstić information content (AvgIpc) is 2.88. The third-order valence-electron chi connectivity index (χ3n) is 5.12. The van der Waals surface area contributed by atoms with Crippen molar-refractivity contribution in [2.45, 2.75) is 82.3 Å². The van der Waals surface area contributed by atoms with E-state index in [0.29, 0.717) is 32.1 Å². The van der Waals surface area contributed by atoms with Crippen LogP contribution in [0.3, 0.4) is 0 Å². The van der Waals surface area contributed by atoms with E-state index >= 15 is 0 Å². The second kappa shape index (κ2) is 13.1. The van der Waals surface area contributed by atoms with Crippen molar-refractivity contribution in [2.75, 3.05) is 13.7 Å². The Kier molecular flexibility index (Phi) is 11.5. The number of aliphatic carboxylic acids is 1. The third kappa shape index (κ3) is 8.97. The summed E-state index contributed by atoms with van der Waals surface area (Å²) in [6.07, 6.45) is 16.2. The Hall–Kier alpha value is -1.17. The van der Waals surface area contributed by atoms with Gasteiger partial charge < -0.3 is 20.1 Å². The summed E-state index contributed by atoms with van der Waals surface area (Å²) in [5, 5.41) is 29.7. The second-order valence-corrected chi connectivity index (χ2v) is 7.32. The average molecular weight is 369 g/mol. The number of aliphatic hydroxyl groups is 2.